The van der Waals surface area contributed by atoms with Crippen molar-refractivity contribution in [3.05, 3.63) is 71.5 Å². The van der Waals surface area contributed by atoms with Crippen LogP contribution in [0.5, 0.6) is 0 Å². The molecule has 2 aromatic carbocycles. The van der Waals surface area contributed by atoms with Gasteiger partial charge in [-0.1, -0.05) is 41.6 Å². The Morgan fingerprint density at radius 2 is 1.93 bits per heavy atom. The number of halogens is 4. The molecule has 0 unspecified atom stereocenters. The Kier molecular flexibility index (Phi) is 5.76. The first-order chi connectivity index (χ1) is 12.8. The molecule has 4 nitrogen and oxygen atoms in total. The van der Waals surface area contributed by atoms with Gasteiger partial charge in [0.2, 0.25) is 5.91 Å². The monoisotopic (exact) mass is 411 g/mol. The fourth-order valence-corrected chi connectivity index (χ4v) is 3.23. The number of imidazole rings is 1. The predicted octanol–water partition coefficient (Wildman–Crippen LogP) is 5.28. The molecule has 27 heavy (non-hydrogen) atoms. The summed E-state index contributed by atoms with van der Waals surface area (Å²) in [5.41, 5.74) is -0.0724. The normalized spacial score (nSPS) is 11.4. The van der Waals surface area contributed by atoms with E-state index in [2.05, 4.69) is 10.3 Å². The summed E-state index contributed by atoms with van der Waals surface area (Å²) >= 11 is 7.06. The van der Waals surface area contributed by atoms with Crippen molar-refractivity contribution in [1.82, 2.24) is 9.55 Å². The quantitative estimate of drug-likeness (QED) is 0.581. The number of benzene rings is 2. The molecule has 0 saturated carbocycles. The molecule has 1 aromatic heterocycles. The number of nitrogens with zero attached hydrogens (tertiary/aromatic N) is 2. The lowest BCUT2D eigenvalue weighted by Crippen LogP contribution is -2.16. The molecular weight excluding hydrogens is 399 g/mol. The highest BCUT2D eigenvalue weighted by Crippen LogP contribution is 2.34. The fourth-order valence-electron chi connectivity index (χ4n) is 2.30. The average molecular weight is 412 g/mol. The molecule has 0 bridgehead atoms. The van der Waals surface area contributed by atoms with E-state index in [0.29, 0.717) is 5.16 Å². The molecule has 0 fully saturated rings. The lowest BCUT2D eigenvalue weighted by molar-refractivity contribution is -0.137. The van der Waals surface area contributed by atoms with Gasteiger partial charge < -0.3 is 5.32 Å². The summed E-state index contributed by atoms with van der Waals surface area (Å²) in [5, 5.41) is 3.04. The van der Waals surface area contributed by atoms with Crippen molar-refractivity contribution < 1.29 is 18.0 Å². The smallest absolute Gasteiger partial charge is 0.324 e. The summed E-state index contributed by atoms with van der Waals surface area (Å²) in [6.45, 7) is 0. The zero-order chi connectivity index (χ0) is 19.4. The Morgan fingerprint density at radius 3 is 2.63 bits per heavy atom. The maximum atomic E-state index is 12.8. The van der Waals surface area contributed by atoms with Crippen molar-refractivity contribution in [1.29, 1.82) is 0 Å². The maximum absolute atomic E-state index is 12.8. The molecule has 3 aromatic rings. The van der Waals surface area contributed by atoms with E-state index in [-0.39, 0.29) is 16.5 Å². The summed E-state index contributed by atoms with van der Waals surface area (Å²) in [7, 11) is 0. The number of carbonyl (C=O) groups excluding carboxylic acids is 1. The molecule has 1 heterocycles. The van der Waals surface area contributed by atoms with Crippen LogP contribution < -0.4 is 5.32 Å². The van der Waals surface area contributed by atoms with Crippen LogP contribution >= 0.6 is 23.4 Å². The van der Waals surface area contributed by atoms with Crippen molar-refractivity contribution in [3.8, 4) is 5.69 Å². The van der Waals surface area contributed by atoms with Gasteiger partial charge in [0.05, 0.1) is 22.0 Å². The minimum atomic E-state index is -4.51. The van der Waals surface area contributed by atoms with E-state index in [1.165, 1.54) is 11.8 Å². The minimum absolute atomic E-state index is 0.0313. The second-order valence-corrected chi connectivity index (χ2v) is 6.79. The van der Waals surface area contributed by atoms with Crippen LogP contribution in [0.4, 0.5) is 18.9 Å². The third-order valence-electron chi connectivity index (χ3n) is 3.54. The van der Waals surface area contributed by atoms with Gasteiger partial charge in [-0.3, -0.25) is 9.36 Å². The molecule has 0 radical (unpaired) electrons. The van der Waals surface area contributed by atoms with Crippen molar-refractivity contribution in [2.45, 2.75) is 11.3 Å². The van der Waals surface area contributed by atoms with E-state index in [9.17, 15) is 18.0 Å². The molecule has 3 rings (SSSR count). The van der Waals surface area contributed by atoms with E-state index >= 15 is 0 Å². The van der Waals surface area contributed by atoms with Crippen LogP contribution in [0, 0.1) is 0 Å². The number of aromatic nitrogens is 2. The summed E-state index contributed by atoms with van der Waals surface area (Å²) in [5.74, 6) is -0.514. The van der Waals surface area contributed by atoms with Gasteiger partial charge in [0.15, 0.2) is 5.16 Å². The largest absolute Gasteiger partial charge is 0.416 e. The van der Waals surface area contributed by atoms with Gasteiger partial charge in [0.25, 0.3) is 0 Å². The Balaban J connectivity index is 1.67. The molecule has 0 atom stereocenters. The highest BCUT2D eigenvalue weighted by Gasteiger charge is 2.31. The van der Waals surface area contributed by atoms with Crippen molar-refractivity contribution in [2.24, 2.45) is 0 Å². The van der Waals surface area contributed by atoms with Gasteiger partial charge in [0, 0.05) is 18.1 Å². The van der Waals surface area contributed by atoms with Gasteiger partial charge in [-0.05, 0) is 30.3 Å². The summed E-state index contributed by atoms with van der Waals surface area (Å²) in [6.07, 6.45) is -1.14. The fraction of sp³-hybridized carbons (Fsp3) is 0.111. The second kappa shape index (κ2) is 8.06. The highest BCUT2D eigenvalue weighted by molar-refractivity contribution is 7.99. The Labute approximate surface area is 162 Å². The van der Waals surface area contributed by atoms with Crippen LogP contribution in [0.3, 0.4) is 0 Å². The molecule has 140 valence electrons. The van der Waals surface area contributed by atoms with E-state index in [1.807, 2.05) is 34.9 Å². The molecule has 0 aliphatic rings. The highest BCUT2D eigenvalue weighted by atomic mass is 35.5. The molecule has 0 spiro atoms. The van der Waals surface area contributed by atoms with Crippen molar-refractivity contribution in [3.63, 3.8) is 0 Å². The Bertz CT molecular complexity index is 945. The van der Waals surface area contributed by atoms with Gasteiger partial charge in [-0.2, -0.15) is 13.2 Å². The minimum Gasteiger partial charge on any atom is -0.324 e. The number of amides is 1. The van der Waals surface area contributed by atoms with Crippen LogP contribution in [-0.2, 0) is 11.0 Å². The van der Waals surface area contributed by atoms with Crippen LogP contribution in [-0.4, -0.2) is 21.2 Å². The number of anilines is 1. The van der Waals surface area contributed by atoms with Crippen LogP contribution in [0.15, 0.2) is 66.1 Å². The molecule has 1 amide bonds. The lowest BCUT2D eigenvalue weighted by atomic mass is 10.2. The molecule has 9 heteroatoms. The Morgan fingerprint density at radius 1 is 1.19 bits per heavy atom. The summed E-state index contributed by atoms with van der Waals surface area (Å²) in [6, 6.07) is 12.2. The number of carbonyl (C=O) groups is 1. The molecule has 1 N–H and O–H groups in total. The first kappa shape index (κ1) is 19.3. The van der Waals surface area contributed by atoms with E-state index in [1.54, 1.807) is 12.4 Å². The molecule has 0 aliphatic carbocycles. The Hall–Kier alpha value is -2.45. The molecular formula is C18H13ClF3N3OS. The summed E-state index contributed by atoms with van der Waals surface area (Å²) in [4.78, 5) is 16.4. The van der Waals surface area contributed by atoms with Gasteiger partial charge >= 0.3 is 6.18 Å². The number of thioether (sulfide) groups is 1. The van der Waals surface area contributed by atoms with E-state index in [0.717, 1.165) is 23.9 Å². The number of hydrogen-bond donors (Lipinski definition) is 1. The van der Waals surface area contributed by atoms with Crippen molar-refractivity contribution >= 4 is 35.0 Å². The van der Waals surface area contributed by atoms with E-state index < -0.39 is 17.6 Å². The number of para-hydroxylation sites is 1. The van der Waals surface area contributed by atoms with Gasteiger partial charge in [0.1, 0.15) is 0 Å². The number of rotatable bonds is 5. The average Bonchev–Trinajstić information content (AvgIpc) is 3.10. The van der Waals surface area contributed by atoms with Gasteiger partial charge in [-0.25, -0.2) is 4.98 Å². The van der Waals surface area contributed by atoms with Crippen LogP contribution in [0.2, 0.25) is 5.02 Å². The maximum Gasteiger partial charge on any atom is 0.416 e. The van der Waals surface area contributed by atoms with E-state index in [4.69, 9.17) is 11.6 Å². The predicted molar refractivity (Wildman–Crippen MR) is 99.4 cm³/mol. The van der Waals surface area contributed by atoms with Gasteiger partial charge in [-0.15, -0.1) is 0 Å². The van der Waals surface area contributed by atoms with Crippen molar-refractivity contribution in [2.75, 3.05) is 11.1 Å². The zero-order valence-electron chi connectivity index (χ0n) is 13.7. The topological polar surface area (TPSA) is 46.9 Å². The number of nitrogens with one attached hydrogen (secondary N) is 1. The molecule has 0 saturated heterocycles. The number of alkyl halides is 3. The lowest BCUT2D eigenvalue weighted by Gasteiger charge is -2.12. The standard InChI is InChI=1S/C18H13ClF3N3OS/c19-14-7-6-12(18(20,21)22)10-15(14)24-16(26)11-27-17-23-8-9-25(17)13-4-2-1-3-5-13/h1-10H,11H2,(H,24,26). The first-order valence-corrected chi connectivity index (χ1v) is 9.09. The third kappa shape index (κ3) is 4.84. The molecule has 0 aliphatic heterocycles. The summed E-state index contributed by atoms with van der Waals surface area (Å²) < 4.78 is 40.2. The van der Waals surface area contributed by atoms with Crippen LogP contribution in [0.1, 0.15) is 5.56 Å². The number of hydrogen-bond acceptors (Lipinski definition) is 3. The third-order valence-corrected chi connectivity index (χ3v) is 4.84. The first-order valence-electron chi connectivity index (χ1n) is 7.73. The SMILES string of the molecule is O=C(CSc1nccn1-c1ccccc1)Nc1cc(C(F)(F)F)ccc1Cl. The van der Waals surface area contributed by atoms with Crippen LogP contribution in [0.25, 0.3) is 5.69 Å². The zero-order valence-corrected chi connectivity index (χ0v) is 15.3. The second-order valence-electron chi connectivity index (χ2n) is 5.44.